The van der Waals surface area contributed by atoms with Crippen molar-refractivity contribution in [3.63, 3.8) is 0 Å². The number of hydrogen-bond acceptors (Lipinski definition) is 3. The zero-order chi connectivity index (χ0) is 18.0. The van der Waals surface area contributed by atoms with Gasteiger partial charge in [-0.2, -0.15) is 4.31 Å². The monoisotopic (exact) mass is 384 g/mol. The first-order valence-corrected chi connectivity index (χ1v) is 10.7. The molecule has 0 aromatic heterocycles. The lowest BCUT2D eigenvalue weighted by molar-refractivity contribution is -0.138. The summed E-state index contributed by atoms with van der Waals surface area (Å²) in [6.45, 7) is 4.49. The van der Waals surface area contributed by atoms with Crippen LogP contribution in [0.4, 0.5) is 0 Å². The first kappa shape index (κ1) is 18.7. The smallest absolute Gasteiger partial charge is 0.243 e. The normalized spacial score (nSPS) is 25.8. The summed E-state index contributed by atoms with van der Waals surface area (Å²) in [5.74, 6) is 0.402. The number of halogens is 1. The minimum Gasteiger partial charge on any atom is -0.342 e. The van der Waals surface area contributed by atoms with E-state index in [4.69, 9.17) is 11.6 Å². The second-order valence-corrected chi connectivity index (χ2v) is 9.56. The minimum absolute atomic E-state index is 0.113. The zero-order valence-electron chi connectivity index (χ0n) is 14.5. The lowest BCUT2D eigenvalue weighted by Gasteiger charge is -2.37. The van der Waals surface area contributed by atoms with Crippen molar-refractivity contribution in [3.05, 3.63) is 29.3 Å². The first-order valence-electron chi connectivity index (χ1n) is 8.92. The van der Waals surface area contributed by atoms with Gasteiger partial charge in [0.15, 0.2) is 0 Å². The van der Waals surface area contributed by atoms with E-state index in [1.807, 2.05) is 4.90 Å². The Kier molecular flexibility index (Phi) is 5.71. The molecule has 0 saturated carbocycles. The van der Waals surface area contributed by atoms with Gasteiger partial charge < -0.3 is 4.90 Å². The lowest BCUT2D eigenvalue weighted by Crippen LogP contribution is -2.48. The number of piperidine rings is 2. The van der Waals surface area contributed by atoms with Crippen molar-refractivity contribution < 1.29 is 13.2 Å². The van der Waals surface area contributed by atoms with E-state index < -0.39 is 10.0 Å². The van der Waals surface area contributed by atoms with E-state index in [9.17, 15) is 13.2 Å². The first-order chi connectivity index (χ1) is 11.9. The van der Waals surface area contributed by atoms with Gasteiger partial charge in [0.05, 0.1) is 10.8 Å². The number of carbonyl (C=O) groups is 1. The SMILES string of the molecule is C[C@H]1CCCN(C(=O)[C@H]2CCCN(S(=O)(=O)c3ccc(Cl)cc3)C2)C1. The summed E-state index contributed by atoms with van der Waals surface area (Å²) >= 11 is 5.85. The fourth-order valence-corrected chi connectivity index (χ4v) is 5.42. The lowest BCUT2D eigenvalue weighted by atomic mass is 9.94. The molecule has 7 heteroatoms. The van der Waals surface area contributed by atoms with Gasteiger partial charge in [0.1, 0.15) is 0 Å². The van der Waals surface area contributed by atoms with E-state index >= 15 is 0 Å². The molecular formula is C18H25ClN2O3S. The van der Waals surface area contributed by atoms with E-state index in [-0.39, 0.29) is 23.3 Å². The highest BCUT2D eigenvalue weighted by molar-refractivity contribution is 7.89. The van der Waals surface area contributed by atoms with Crippen molar-refractivity contribution in [2.24, 2.45) is 11.8 Å². The Labute approximate surface area is 155 Å². The average Bonchev–Trinajstić information content (AvgIpc) is 2.61. The number of nitrogens with zero attached hydrogens (tertiary/aromatic N) is 2. The molecule has 2 fully saturated rings. The van der Waals surface area contributed by atoms with Gasteiger partial charge >= 0.3 is 0 Å². The van der Waals surface area contributed by atoms with Crippen molar-refractivity contribution in [2.45, 2.75) is 37.5 Å². The fourth-order valence-electron chi connectivity index (χ4n) is 3.77. The molecule has 138 valence electrons. The van der Waals surface area contributed by atoms with Crippen LogP contribution in [0.15, 0.2) is 29.2 Å². The highest BCUT2D eigenvalue weighted by atomic mass is 35.5. The van der Waals surface area contributed by atoms with Crippen LogP contribution in [0.25, 0.3) is 0 Å². The Balaban J connectivity index is 1.72. The molecule has 0 unspecified atom stereocenters. The van der Waals surface area contributed by atoms with Gasteiger partial charge in [0, 0.05) is 31.2 Å². The number of amides is 1. The maximum Gasteiger partial charge on any atom is 0.243 e. The highest BCUT2D eigenvalue weighted by Gasteiger charge is 2.35. The van der Waals surface area contributed by atoms with Gasteiger partial charge in [-0.05, 0) is 55.9 Å². The van der Waals surface area contributed by atoms with Crippen molar-refractivity contribution in [1.29, 1.82) is 0 Å². The Morgan fingerprint density at radius 2 is 1.76 bits per heavy atom. The maximum absolute atomic E-state index is 12.9. The highest BCUT2D eigenvalue weighted by Crippen LogP contribution is 2.27. The number of sulfonamides is 1. The number of benzene rings is 1. The van der Waals surface area contributed by atoms with Crippen LogP contribution in [0, 0.1) is 11.8 Å². The minimum atomic E-state index is -3.58. The second-order valence-electron chi connectivity index (χ2n) is 7.19. The number of carbonyl (C=O) groups excluding carboxylic acids is 1. The number of likely N-dealkylation sites (tertiary alicyclic amines) is 1. The summed E-state index contributed by atoms with van der Waals surface area (Å²) in [7, 11) is -3.58. The van der Waals surface area contributed by atoms with Crippen LogP contribution in [0.5, 0.6) is 0 Å². The van der Waals surface area contributed by atoms with Gasteiger partial charge in [0.2, 0.25) is 15.9 Å². The molecule has 0 bridgehead atoms. The molecule has 5 nitrogen and oxygen atoms in total. The molecule has 2 aliphatic rings. The number of rotatable bonds is 3. The Bertz CT molecular complexity index is 720. The van der Waals surface area contributed by atoms with Crippen molar-refractivity contribution in [1.82, 2.24) is 9.21 Å². The third-order valence-corrected chi connectivity index (χ3v) is 7.28. The predicted molar refractivity (Wildman–Crippen MR) is 97.9 cm³/mol. The second kappa shape index (κ2) is 7.64. The van der Waals surface area contributed by atoms with E-state index in [2.05, 4.69) is 6.92 Å². The van der Waals surface area contributed by atoms with E-state index in [0.717, 1.165) is 32.4 Å². The molecule has 0 aliphatic carbocycles. The quantitative estimate of drug-likeness (QED) is 0.804. The summed E-state index contributed by atoms with van der Waals surface area (Å²) in [6, 6.07) is 6.21. The van der Waals surface area contributed by atoms with Crippen molar-refractivity contribution in [2.75, 3.05) is 26.2 Å². The average molecular weight is 385 g/mol. The largest absolute Gasteiger partial charge is 0.342 e. The molecule has 2 atom stereocenters. The Morgan fingerprint density at radius 1 is 1.08 bits per heavy atom. The summed E-state index contributed by atoms with van der Waals surface area (Å²) in [5, 5.41) is 0.505. The summed E-state index contributed by atoms with van der Waals surface area (Å²) in [6.07, 6.45) is 3.67. The molecule has 1 aromatic rings. The van der Waals surface area contributed by atoms with Crippen LogP contribution in [0.1, 0.15) is 32.6 Å². The van der Waals surface area contributed by atoms with Gasteiger partial charge in [-0.1, -0.05) is 18.5 Å². The molecule has 2 heterocycles. The van der Waals surface area contributed by atoms with Crippen LogP contribution < -0.4 is 0 Å². The van der Waals surface area contributed by atoms with E-state index in [1.165, 1.54) is 16.4 Å². The molecule has 0 radical (unpaired) electrons. The van der Waals surface area contributed by atoms with Crippen molar-refractivity contribution in [3.8, 4) is 0 Å². The summed E-state index contributed by atoms with van der Waals surface area (Å²) in [4.78, 5) is 15.0. The molecule has 1 amide bonds. The molecule has 0 N–H and O–H groups in total. The van der Waals surface area contributed by atoms with Crippen LogP contribution in [0.3, 0.4) is 0 Å². The third kappa shape index (κ3) is 4.18. The Hall–Kier alpha value is -1.11. The van der Waals surface area contributed by atoms with Crippen molar-refractivity contribution >= 4 is 27.5 Å². The molecular weight excluding hydrogens is 360 g/mol. The van der Waals surface area contributed by atoms with Gasteiger partial charge in [0.25, 0.3) is 0 Å². The third-order valence-electron chi connectivity index (χ3n) is 5.15. The molecule has 1 aromatic carbocycles. The van der Waals surface area contributed by atoms with E-state index in [0.29, 0.717) is 23.9 Å². The van der Waals surface area contributed by atoms with Gasteiger partial charge in [-0.3, -0.25) is 4.79 Å². The molecule has 25 heavy (non-hydrogen) atoms. The van der Waals surface area contributed by atoms with Crippen LogP contribution in [-0.2, 0) is 14.8 Å². The zero-order valence-corrected chi connectivity index (χ0v) is 16.1. The molecule has 3 rings (SSSR count). The Morgan fingerprint density at radius 3 is 2.44 bits per heavy atom. The molecule has 0 spiro atoms. The summed E-state index contributed by atoms with van der Waals surface area (Å²) < 4.78 is 27.2. The van der Waals surface area contributed by atoms with Crippen LogP contribution in [-0.4, -0.2) is 49.7 Å². The van der Waals surface area contributed by atoms with Crippen LogP contribution >= 0.6 is 11.6 Å². The van der Waals surface area contributed by atoms with Gasteiger partial charge in [-0.15, -0.1) is 0 Å². The number of hydrogen-bond donors (Lipinski definition) is 0. The molecule has 2 saturated heterocycles. The molecule has 2 aliphatic heterocycles. The predicted octanol–water partition coefficient (Wildman–Crippen LogP) is 3.00. The topological polar surface area (TPSA) is 57.7 Å². The van der Waals surface area contributed by atoms with Crippen LogP contribution in [0.2, 0.25) is 5.02 Å². The van der Waals surface area contributed by atoms with E-state index in [1.54, 1.807) is 12.1 Å². The fraction of sp³-hybridized carbons (Fsp3) is 0.611. The summed E-state index contributed by atoms with van der Waals surface area (Å²) in [5.41, 5.74) is 0. The standard InChI is InChI=1S/C18H25ClN2O3S/c1-14-4-2-10-20(12-14)18(22)15-5-3-11-21(13-15)25(23,24)17-8-6-16(19)7-9-17/h6-9,14-15H,2-5,10-13H2,1H3/t14-,15-/m0/s1. The maximum atomic E-state index is 12.9. The van der Waals surface area contributed by atoms with Gasteiger partial charge in [-0.25, -0.2) is 8.42 Å².